The molecular formula is C19H18N2OS. The number of para-hydroxylation sites is 1. The lowest BCUT2D eigenvalue weighted by atomic mass is 10.1. The van der Waals surface area contributed by atoms with Crippen LogP contribution in [0.25, 0.3) is 11.3 Å². The summed E-state index contributed by atoms with van der Waals surface area (Å²) in [5.74, 6) is 2.54. The molecule has 3 nitrogen and oxygen atoms in total. The number of aromatic nitrogens is 2. The van der Waals surface area contributed by atoms with Crippen LogP contribution in [0.3, 0.4) is 0 Å². The molecule has 116 valence electrons. The van der Waals surface area contributed by atoms with Crippen molar-refractivity contribution in [2.45, 2.75) is 11.9 Å². The largest absolute Gasteiger partial charge is 0.493 e. The van der Waals surface area contributed by atoms with Crippen LogP contribution in [0.1, 0.15) is 5.82 Å². The molecule has 0 aliphatic rings. The lowest BCUT2D eigenvalue weighted by molar-refractivity contribution is 0.344. The fraction of sp³-hybridized carbons (Fsp3) is 0.158. The summed E-state index contributed by atoms with van der Waals surface area (Å²) in [6.07, 6.45) is 0. The molecule has 0 amide bonds. The van der Waals surface area contributed by atoms with Gasteiger partial charge in [0.1, 0.15) is 16.6 Å². The van der Waals surface area contributed by atoms with Crippen LogP contribution in [-0.4, -0.2) is 22.3 Å². The number of aryl methyl sites for hydroxylation is 1. The third-order valence-corrected chi connectivity index (χ3v) is 4.10. The Balaban J connectivity index is 1.61. The average Bonchev–Trinajstić information content (AvgIpc) is 2.60. The highest BCUT2D eigenvalue weighted by atomic mass is 32.2. The smallest absolute Gasteiger partial charge is 0.127 e. The van der Waals surface area contributed by atoms with Crippen molar-refractivity contribution in [2.24, 2.45) is 0 Å². The Bertz CT molecular complexity index is 748. The third kappa shape index (κ3) is 4.57. The Morgan fingerprint density at radius 1 is 0.913 bits per heavy atom. The maximum absolute atomic E-state index is 5.71. The first-order valence-corrected chi connectivity index (χ1v) is 8.51. The fourth-order valence-electron chi connectivity index (χ4n) is 2.19. The molecule has 0 unspecified atom stereocenters. The number of benzene rings is 2. The predicted octanol–water partition coefficient (Wildman–Crippen LogP) is 4.62. The van der Waals surface area contributed by atoms with E-state index in [-0.39, 0.29) is 0 Å². The van der Waals surface area contributed by atoms with E-state index in [1.807, 2.05) is 61.5 Å². The Morgan fingerprint density at radius 3 is 2.35 bits per heavy atom. The Labute approximate surface area is 140 Å². The van der Waals surface area contributed by atoms with Crippen LogP contribution >= 0.6 is 11.8 Å². The summed E-state index contributed by atoms with van der Waals surface area (Å²) in [5.41, 5.74) is 2.07. The number of hydrogen-bond acceptors (Lipinski definition) is 4. The fourth-order valence-corrected chi connectivity index (χ4v) is 2.96. The minimum absolute atomic E-state index is 0.651. The van der Waals surface area contributed by atoms with Crippen LogP contribution in [-0.2, 0) is 0 Å². The van der Waals surface area contributed by atoms with Gasteiger partial charge in [-0.05, 0) is 25.1 Å². The zero-order valence-electron chi connectivity index (χ0n) is 13.0. The second-order valence-corrected chi connectivity index (χ2v) is 6.13. The normalized spacial score (nSPS) is 10.5. The first-order chi connectivity index (χ1) is 11.3. The summed E-state index contributed by atoms with van der Waals surface area (Å²) in [5, 5.41) is 0.980. The molecule has 0 aliphatic carbocycles. The summed E-state index contributed by atoms with van der Waals surface area (Å²) >= 11 is 1.69. The van der Waals surface area contributed by atoms with Gasteiger partial charge in [0, 0.05) is 11.3 Å². The van der Waals surface area contributed by atoms with Crippen LogP contribution in [0, 0.1) is 6.92 Å². The number of nitrogens with zero attached hydrogens (tertiary/aromatic N) is 2. The van der Waals surface area contributed by atoms with Gasteiger partial charge in [0.25, 0.3) is 0 Å². The van der Waals surface area contributed by atoms with Gasteiger partial charge in [0.2, 0.25) is 0 Å². The van der Waals surface area contributed by atoms with Crippen LogP contribution in [0.5, 0.6) is 5.75 Å². The highest BCUT2D eigenvalue weighted by Gasteiger charge is 2.05. The van der Waals surface area contributed by atoms with Crippen molar-refractivity contribution in [2.75, 3.05) is 12.4 Å². The second-order valence-electron chi connectivity index (χ2n) is 5.01. The molecule has 0 N–H and O–H groups in total. The molecular weight excluding hydrogens is 304 g/mol. The van der Waals surface area contributed by atoms with Gasteiger partial charge < -0.3 is 4.74 Å². The third-order valence-electron chi connectivity index (χ3n) is 3.23. The van der Waals surface area contributed by atoms with E-state index in [0.29, 0.717) is 6.61 Å². The molecule has 0 saturated carbocycles. The van der Waals surface area contributed by atoms with E-state index in [0.717, 1.165) is 33.6 Å². The van der Waals surface area contributed by atoms with Crippen LogP contribution < -0.4 is 4.74 Å². The van der Waals surface area contributed by atoms with E-state index in [4.69, 9.17) is 4.74 Å². The van der Waals surface area contributed by atoms with Crippen molar-refractivity contribution in [1.29, 1.82) is 0 Å². The minimum Gasteiger partial charge on any atom is -0.493 e. The topological polar surface area (TPSA) is 35.0 Å². The number of thioether (sulfide) groups is 1. The molecule has 3 aromatic rings. The summed E-state index contributed by atoms with van der Waals surface area (Å²) < 4.78 is 5.71. The quantitative estimate of drug-likeness (QED) is 0.377. The summed E-state index contributed by atoms with van der Waals surface area (Å²) in [7, 11) is 0. The van der Waals surface area contributed by atoms with Gasteiger partial charge in [-0.3, -0.25) is 0 Å². The van der Waals surface area contributed by atoms with Crippen LogP contribution in [0.15, 0.2) is 71.8 Å². The molecule has 0 bridgehead atoms. The molecule has 3 rings (SSSR count). The lowest BCUT2D eigenvalue weighted by Gasteiger charge is -2.07. The number of rotatable bonds is 6. The molecule has 4 heteroatoms. The first-order valence-electron chi connectivity index (χ1n) is 7.53. The molecule has 0 fully saturated rings. The van der Waals surface area contributed by atoms with Crippen molar-refractivity contribution >= 4 is 11.8 Å². The Kier molecular flexibility index (Phi) is 5.27. The zero-order valence-corrected chi connectivity index (χ0v) is 13.8. The Morgan fingerprint density at radius 2 is 1.61 bits per heavy atom. The van der Waals surface area contributed by atoms with E-state index in [1.54, 1.807) is 11.8 Å². The predicted molar refractivity (Wildman–Crippen MR) is 94.9 cm³/mol. The van der Waals surface area contributed by atoms with Gasteiger partial charge in [-0.1, -0.05) is 48.5 Å². The van der Waals surface area contributed by atoms with Crippen molar-refractivity contribution in [3.8, 4) is 17.0 Å². The molecule has 0 aliphatic heterocycles. The summed E-state index contributed by atoms with van der Waals surface area (Å²) in [6, 6.07) is 22.1. The summed E-state index contributed by atoms with van der Waals surface area (Å²) in [6.45, 7) is 2.58. The van der Waals surface area contributed by atoms with E-state index >= 15 is 0 Å². The maximum atomic E-state index is 5.71. The minimum atomic E-state index is 0.651. The monoisotopic (exact) mass is 322 g/mol. The molecule has 1 heterocycles. The Hall–Kier alpha value is -2.33. The molecule has 0 radical (unpaired) electrons. The zero-order chi connectivity index (χ0) is 15.9. The lowest BCUT2D eigenvalue weighted by Crippen LogP contribution is -2.01. The average molecular weight is 322 g/mol. The number of hydrogen-bond donors (Lipinski definition) is 0. The van der Waals surface area contributed by atoms with Gasteiger partial charge in [0.15, 0.2) is 0 Å². The molecule has 23 heavy (non-hydrogen) atoms. The van der Waals surface area contributed by atoms with E-state index in [2.05, 4.69) is 22.1 Å². The van der Waals surface area contributed by atoms with Crippen molar-refractivity contribution in [3.05, 3.63) is 72.6 Å². The van der Waals surface area contributed by atoms with Crippen molar-refractivity contribution in [3.63, 3.8) is 0 Å². The van der Waals surface area contributed by atoms with Crippen molar-refractivity contribution < 1.29 is 4.74 Å². The molecule has 0 atom stereocenters. The first kappa shape index (κ1) is 15.6. The highest BCUT2D eigenvalue weighted by molar-refractivity contribution is 7.99. The standard InChI is InChI=1S/C19H18N2OS/c1-15-20-18(16-8-4-2-5-9-16)14-19(21-15)23-13-12-22-17-10-6-3-7-11-17/h2-11,14H,12-13H2,1H3. The molecule has 0 saturated heterocycles. The van der Waals surface area contributed by atoms with Gasteiger partial charge in [0.05, 0.1) is 12.3 Å². The second kappa shape index (κ2) is 7.79. The van der Waals surface area contributed by atoms with Gasteiger partial charge >= 0.3 is 0 Å². The number of ether oxygens (including phenoxy) is 1. The van der Waals surface area contributed by atoms with E-state index in [1.165, 1.54) is 0 Å². The maximum Gasteiger partial charge on any atom is 0.127 e. The molecule has 1 aromatic heterocycles. The SMILES string of the molecule is Cc1nc(SCCOc2ccccc2)cc(-c2ccccc2)n1. The van der Waals surface area contributed by atoms with E-state index in [9.17, 15) is 0 Å². The van der Waals surface area contributed by atoms with Crippen LogP contribution in [0.4, 0.5) is 0 Å². The van der Waals surface area contributed by atoms with Crippen molar-refractivity contribution in [1.82, 2.24) is 9.97 Å². The van der Waals surface area contributed by atoms with Gasteiger partial charge in [-0.15, -0.1) is 11.8 Å². The van der Waals surface area contributed by atoms with Gasteiger partial charge in [-0.2, -0.15) is 0 Å². The highest BCUT2D eigenvalue weighted by Crippen LogP contribution is 2.23. The molecule has 0 spiro atoms. The van der Waals surface area contributed by atoms with Gasteiger partial charge in [-0.25, -0.2) is 9.97 Å². The molecule has 2 aromatic carbocycles. The summed E-state index contributed by atoms with van der Waals surface area (Å²) in [4.78, 5) is 9.02. The van der Waals surface area contributed by atoms with Crippen LogP contribution in [0.2, 0.25) is 0 Å². The van der Waals surface area contributed by atoms with E-state index < -0.39 is 0 Å².